The third kappa shape index (κ3) is 1.07. The van der Waals surface area contributed by atoms with Crippen molar-refractivity contribution >= 4 is 6.29 Å². The van der Waals surface area contributed by atoms with Gasteiger partial charge in [-0.05, 0) is 0 Å². The summed E-state index contributed by atoms with van der Waals surface area (Å²) in [6, 6.07) is 0. The van der Waals surface area contributed by atoms with Crippen LogP contribution in [0.1, 0.15) is 35.9 Å². The molecule has 0 spiro atoms. The monoisotopic (exact) mass is 139 g/mol. The molecule has 1 heterocycles. The van der Waals surface area contributed by atoms with E-state index in [2.05, 4.69) is 5.16 Å². The van der Waals surface area contributed by atoms with E-state index in [-0.39, 0.29) is 5.92 Å². The van der Waals surface area contributed by atoms with Crippen molar-refractivity contribution in [3.63, 3.8) is 0 Å². The highest BCUT2D eigenvalue weighted by Crippen LogP contribution is 2.16. The molecule has 0 N–H and O–H groups in total. The van der Waals surface area contributed by atoms with Crippen LogP contribution in [0.3, 0.4) is 0 Å². The molecule has 0 amide bonds. The Morgan fingerprint density at radius 1 is 1.70 bits per heavy atom. The Labute approximate surface area is 59.0 Å². The lowest BCUT2D eigenvalue weighted by molar-refractivity contribution is 0.112. The van der Waals surface area contributed by atoms with Crippen LogP contribution in [0.4, 0.5) is 0 Å². The fourth-order valence-corrected chi connectivity index (χ4v) is 0.783. The van der Waals surface area contributed by atoms with Gasteiger partial charge in [-0.1, -0.05) is 19.0 Å². The normalized spacial score (nSPS) is 10.3. The predicted octanol–water partition coefficient (Wildman–Crippen LogP) is 1.61. The second kappa shape index (κ2) is 2.64. The number of aromatic nitrogens is 1. The van der Waals surface area contributed by atoms with Gasteiger partial charge in [-0.25, -0.2) is 0 Å². The van der Waals surface area contributed by atoms with E-state index in [0.29, 0.717) is 11.3 Å². The Kier molecular flexibility index (Phi) is 1.85. The molecule has 10 heavy (non-hydrogen) atoms. The summed E-state index contributed by atoms with van der Waals surface area (Å²) in [5.41, 5.74) is 0.551. The van der Waals surface area contributed by atoms with Gasteiger partial charge in [0.2, 0.25) is 0 Å². The van der Waals surface area contributed by atoms with Gasteiger partial charge in [0.05, 0.1) is 11.8 Å². The van der Waals surface area contributed by atoms with Crippen molar-refractivity contribution in [3.05, 3.63) is 17.5 Å². The second-order valence-electron chi connectivity index (χ2n) is 2.42. The molecule has 0 radical (unpaired) electrons. The van der Waals surface area contributed by atoms with Crippen molar-refractivity contribution in [3.8, 4) is 0 Å². The molecule has 0 saturated carbocycles. The highest BCUT2D eigenvalue weighted by Gasteiger charge is 2.09. The van der Waals surface area contributed by atoms with E-state index in [9.17, 15) is 4.79 Å². The first-order valence-corrected chi connectivity index (χ1v) is 3.15. The summed E-state index contributed by atoms with van der Waals surface area (Å²) in [6.07, 6.45) is 2.19. The maximum absolute atomic E-state index is 10.3. The molecule has 1 aromatic rings. The summed E-state index contributed by atoms with van der Waals surface area (Å²) in [5.74, 6) is 0.887. The number of nitrogens with zero attached hydrogens (tertiary/aromatic N) is 1. The summed E-state index contributed by atoms with van der Waals surface area (Å²) in [5, 5.41) is 3.51. The van der Waals surface area contributed by atoms with E-state index in [1.807, 2.05) is 13.8 Å². The number of hydrogen-bond acceptors (Lipinski definition) is 3. The van der Waals surface area contributed by atoms with E-state index in [4.69, 9.17) is 4.52 Å². The standard InChI is InChI=1S/C7H9NO2/c1-5(2)7-6(4-9)3-8-10-7/h3-5H,1-2H3. The number of carbonyl (C=O) groups is 1. The fraction of sp³-hybridized carbons (Fsp3) is 0.429. The van der Waals surface area contributed by atoms with Gasteiger partial charge in [0.1, 0.15) is 5.76 Å². The average Bonchev–Trinajstić information content (AvgIpc) is 2.33. The van der Waals surface area contributed by atoms with E-state index in [1.165, 1.54) is 6.20 Å². The third-order valence-corrected chi connectivity index (χ3v) is 1.28. The maximum atomic E-state index is 10.3. The minimum Gasteiger partial charge on any atom is -0.360 e. The molecule has 1 aromatic heterocycles. The van der Waals surface area contributed by atoms with Crippen LogP contribution in [-0.4, -0.2) is 11.4 Å². The Balaban J connectivity index is 3.01. The summed E-state index contributed by atoms with van der Waals surface area (Å²) in [7, 11) is 0. The van der Waals surface area contributed by atoms with Crippen LogP contribution in [0.5, 0.6) is 0 Å². The highest BCUT2D eigenvalue weighted by molar-refractivity contribution is 5.75. The predicted molar refractivity (Wildman–Crippen MR) is 36.0 cm³/mol. The highest BCUT2D eigenvalue weighted by atomic mass is 16.5. The molecule has 1 rings (SSSR count). The zero-order chi connectivity index (χ0) is 7.56. The van der Waals surface area contributed by atoms with E-state index in [1.54, 1.807) is 0 Å². The van der Waals surface area contributed by atoms with Crippen molar-refractivity contribution < 1.29 is 9.32 Å². The molecule has 0 fully saturated rings. The minimum atomic E-state index is 0.225. The molecule has 0 saturated heterocycles. The number of hydrogen-bond donors (Lipinski definition) is 0. The molecule has 0 unspecified atom stereocenters. The van der Waals surface area contributed by atoms with Gasteiger partial charge in [-0.15, -0.1) is 0 Å². The molecule has 54 valence electrons. The minimum absolute atomic E-state index is 0.225. The Bertz CT molecular complexity index is 227. The molecule has 3 heteroatoms. The third-order valence-electron chi connectivity index (χ3n) is 1.28. The Morgan fingerprint density at radius 2 is 2.40 bits per heavy atom. The zero-order valence-electron chi connectivity index (χ0n) is 6.00. The molecule has 0 bridgehead atoms. The van der Waals surface area contributed by atoms with Crippen molar-refractivity contribution in [2.24, 2.45) is 0 Å². The lowest BCUT2D eigenvalue weighted by Crippen LogP contribution is -1.88. The first-order chi connectivity index (χ1) is 4.75. The number of rotatable bonds is 2. The van der Waals surface area contributed by atoms with Crippen LogP contribution in [0, 0.1) is 0 Å². The van der Waals surface area contributed by atoms with Crippen LogP contribution >= 0.6 is 0 Å². The molecule has 0 aliphatic carbocycles. The SMILES string of the molecule is CC(C)c1oncc1C=O. The lowest BCUT2D eigenvalue weighted by Gasteiger charge is -1.96. The molecule has 0 aliphatic rings. The summed E-state index contributed by atoms with van der Waals surface area (Å²) < 4.78 is 4.84. The molecule has 0 aromatic carbocycles. The smallest absolute Gasteiger partial charge is 0.155 e. The summed E-state index contributed by atoms with van der Waals surface area (Å²) >= 11 is 0. The van der Waals surface area contributed by atoms with Crippen molar-refractivity contribution in [1.29, 1.82) is 0 Å². The summed E-state index contributed by atoms with van der Waals surface area (Å²) in [4.78, 5) is 10.3. The molecular formula is C7H9NO2. The van der Waals surface area contributed by atoms with Crippen LogP contribution in [0.15, 0.2) is 10.7 Å². The maximum Gasteiger partial charge on any atom is 0.155 e. The van der Waals surface area contributed by atoms with Crippen molar-refractivity contribution in [2.45, 2.75) is 19.8 Å². The van der Waals surface area contributed by atoms with Gasteiger partial charge in [0, 0.05) is 5.92 Å². The van der Waals surface area contributed by atoms with Crippen molar-refractivity contribution in [1.82, 2.24) is 5.16 Å². The Morgan fingerprint density at radius 3 is 2.80 bits per heavy atom. The quantitative estimate of drug-likeness (QED) is 0.584. The van der Waals surface area contributed by atoms with E-state index in [0.717, 1.165) is 6.29 Å². The molecular weight excluding hydrogens is 130 g/mol. The van der Waals surface area contributed by atoms with E-state index < -0.39 is 0 Å². The zero-order valence-corrected chi connectivity index (χ0v) is 6.00. The number of carbonyl (C=O) groups excluding carboxylic acids is 1. The van der Waals surface area contributed by atoms with Crippen molar-refractivity contribution in [2.75, 3.05) is 0 Å². The Hall–Kier alpha value is -1.12. The van der Waals surface area contributed by atoms with Gasteiger partial charge in [-0.2, -0.15) is 0 Å². The van der Waals surface area contributed by atoms with Crippen LogP contribution in [0.25, 0.3) is 0 Å². The molecule has 3 nitrogen and oxygen atoms in total. The lowest BCUT2D eigenvalue weighted by atomic mass is 10.1. The van der Waals surface area contributed by atoms with E-state index >= 15 is 0 Å². The fourth-order valence-electron chi connectivity index (χ4n) is 0.783. The van der Waals surface area contributed by atoms with Crippen LogP contribution in [0.2, 0.25) is 0 Å². The number of aldehydes is 1. The topological polar surface area (TPSA) is 43.1 Å². The second-order valence-corrected chi connectivity index (χ2v) is 2.42. The van der Waals surface area contributed by atoms with Gasteiger partial charge in [0.15, 0.2) is 6.29 Å². The molecule has 0 aliphatic heterocycles. The van der Waals surface area contributed by atoms with Crippen LogP contribution in [-0.2, 0) is 0 Å². The van der Waals surface area contributed by atoms with Gasteiger partial charge >= 0.3 is 0 Å². The summed E-state index contributed by atoms with van der Waals surface area (Å²) in [6.45, 7) is 3.90. The van der Waals surface area contributed by atoms with Crippen LogP contribution < -0.4 is 0 Å². The average molecular weight is 139 g/mol. The first-order valence-electron chi connectivity index (χ1n) is 3.15. The largest absolute Gasteiger partial charge is 0.360 e. The van der Waals surface area contributed by atoms with Gasteiger partial charge in [-0.3, -0.25) is 4.79 Å². The van der Waals surface area contributed by atoms with Gasteiger partial charge in [0.25, 0.3) is 0 Å². The first kappa shape index (κ1) is 6.99. The molecule has 0 atom stereocenters. The van der Waals surface area contributed by atoms with Gasteiger partial charge < -0.3 is 4.52 Å².